The summed E-state index contributed by atoms with van der Waals surface area (Å²) in [5, 5.41) is 6.45. The molecule has 3 rings (SSSR count). The number of methoxy groups -OCH3 is 1. The van der Waals surface area contributed by atoms with Gasteiger partial charge in [0.25, 0.3) is 5.91 Å². The highest BCUT2D eigenvalue weighted by molar-refractivity contribution is 6.30. The van der Waals surface area contributed by atoms with Crippen LogP contribution < -0.4 is 10.1 Å². The van der Waals surface area contributed by atoms with E-state index in [-0.39, 0.29) is 10.7 Å². The zero-order chi connectivity index (χ0) is 21.7. The summed E-state index contributed by atoms with van der Waals surface area (Å²) in [6, 6.07) is 12.0. The van der Waals surface area contributed by atoms with Crippen molar-refractivity contribution in [3.05, 3.63) is 71.0 Å². The Morgan fingerprint density at radius 3 is 2.53 bits per heavy atom. The lowest BCUT2D eigenvalue weighted by Gasteiger charge is -2.13. The van der Waals surface area contributed by atoms with Gasteiger partial charge < -0.3 is 14.8 Å². The molecule has 10 heteroatoms. The normalized spacial score (nSPS) is 11.4. The van der Waals surface area contributed by atoms with E-state index in [2.05, 4.69) is 10.4 Å². The van der Waals surface area contributed by atoms with Gasteiger partial charge in [0.2, 0.25) is 0 Å². The predicted molar refractivity (Wildman–Crippen MR) is 105 cm³/mol. The third-order valence-corrected chi connectivity index (χ3v) is 4.24. The second-order valence-electron chi connectivity index (χ2n) is 6.12. The van der Waals surface area contributed by atoms with Crippen LogP contribution >= 0.6 is 11.6 Å². The topological polar surface area (TPSA) is 65.4 Å². The van der Waals surface area contributed by atoms with E-state index < -0.39 is 23.3 Å². The average molecular weight is 440 g/mol. The summed E-state index contributed by atoms with van der Waals surface area (Å²) < 4.78 is 52.1. The van der Waals surface area contributed by atoms with Crippen LogP contribution in [0.4, 0.5) is 18.9 Å². The summed E-state index contributed by atoms with van der Waals surface area (Å²) in [6.07, 6.45) is -3.94. The van der Waals surface area contributed by atoms with E-state index in [0.29, 0.717) is 29.3 Å². The fourth-order valence-electron chi connectivity index (χ4n) is 2.67. The van der Waals surface area contributed by atoms with Crippen LogP contribution in [0.2, 0.25) is 5.02 Å². The molecule has 1 amide bonds. The Kier molecular flexibility index (Phi) is 6.63. The molecule has 0 radical (unpaired) electrons. The first-order chi connectivity index (χ1) is 14.3. The molecule has 2 aromatic carbocycles. The monoisotopic (exact) mass is 439 g/mol. The number of hydrogen-bond acceptors (Lipinski definition) is 4. The van der Waals surface area contributed by atoms with Crippen molar-refractivity contribution in [3.8, 4) is 11.4 Å². The number of anilines is 1. The van der Waals surface area contributed by atoms with E-state index in [9.17, 15) is 18.0 Å². The number of halogens is 4. The fourth-order valence-corrected chi connectivity index (χ4v) is 2.85. The van der Waals surface area contributed by atoms with Gasteiger partial charge in [0.15, 0.2) is 5.69 Å². The average Bonchev–Trinajstić information content (AvgIpc) is 3.15. The fraction of sp³-hybridized carbons (Fsp3) is 0.200. The van der Waals surface area contributed by atoms with E-state index in [1.54, 1.807) is 19.2 Å². The summed E-state index contributed by atoms with van der Waals surface area (Å²) in [5.41, 5.74) is -1.40. The zero-order valence-electron chi connectivity index (χ0n) is 15.7. The zero-order valence-corrected chi connectivity index (χ0v) is 16.5. The van der Waals surface area contributed by atoms with Crippen molar-refractivity contribution in [2.75, 3.05) is 25.6 Å². The summed E-state index contributed by atoms with van der Waals surface area (Å²) in [6.45, 7) is 0.759. The van der Waals surface area contributed by atoms with E-state index in [1.165, 1.54) is 36.4 Å². The number of nitrogens with zero attached hydrogens (tertiary/aromatic N) is 2. The molecule has 6 nitrogen and oxygen atoms in total. The molecule has 0 aliphatic heterocycles. The van der Waals surface area contributed by atoms with Crippen molar-refractivity contribution in [1.82, 2.24) is 9.78 Å². The van der Waals surface area contributed by atoms with Crippen molar-refractivity contribution in [2.24, 2.45) is 0 Å². The number of aromatic nitrogens is 2. The molecule has 0 atom stereocenters. The molecule has 0 bridgehead atoms. The van der Waals surface area contributed by atoms with Gasteiger partial charge in [-0.3, -0.25) is 4.79 Å². The van der Waals surface area contributed by atoms with Gasteiger partial charge in [0, 0.05) is 17.8 Å². The van der Waals surface area contributed by atoms with E-state index >= 15 is 0 Å². The molecule has 1 heterocycles. The highest BCUT2D eigenvalue weighted by Crippen LogP contribution is 2.34. The number of ether oxygens (including phenoxy) is 2. The lowest BCUT2D eigenvalue weighted by Crippen LogP contribution is -2.20. The van der Waals surface area contributed by atoms with Gasteiger partial charge in [-0.25, -0.2) is 4.68 Å². The maximum Gasteiger partial charge on any atom is 0.434 e. The lowest BCUT2D eigenvalue weighted by atomic mass is 10.2. The van der Waals surface area contributed by atoms with Gasteiger partial charge in [-0.15, -0.1) is 0 Å². The van der Waals surface area contributed by atoms with Crippen molar-refractivity contribution in [2.45, 2.75) is 6.18 Å². The van der Waals surface area contributed by atoms with Gasteiger partial charge in [0.05, 0.1) is 24.1 Å². The minimum Gasteiger partial charge on any atom is -0.491 e. The Morgan fingerprint density at radius 1 is 1.17 bits per heavy atom. The molecule has 1 aromatic heterocycles. The highest BCUT2D eigenvalue weighted by Gasteiger charge is 2.40. The lowest BCUT2D eigenvalue weighted by molar-refractivity contribution is -0.143. The van der Waals surface area contributed by atoms with Crippen molar-refractivity contribution in [1.29, 1.82) is 0 Å². The SMILES string of the molecule is COCCOc1ccc(NC(=O)c2cnn(-c3cccc(Cl)c3)c2C(F)(F)F)cc1. The number of carbonyl (C=O) groups excluding carboxylic acids is 1. The highest BCUT2D eigenvalue weighted by atomic mass is 35.5. The van der Waals surface area contributed by atoms with Gasteiger partial charge >= 0.3 is 6.18 Å². The Bertz CT molecular complexity index is 1020. The first kappa shape index (κ1) is 21.7. The molecule has 30 heavy (non-hydrogen) atoms. The Labute approximate surface area is 175 Å². The second-order valence-corrected chi connectivity index (χ2v) is 6.55. The minimum absolute atomic E-state index is 0.0893. The number of benzene rings is 2. The van der Waals surface area contributed by atoms with Gasteiger partial charge in [-0.05, 0) is 42.5 Å². The first-order valence-corrected chi connectivity index (χ1v) is 9.11. The van der Waals surface area contributed by atoms with E-state index in [0.717, 1.165) is 6.20 Å². The Hall–Kier alpha value is -3.04. The largest absolute Gasteiger partial charge is 0.491 e. The Balaban J connectivity index is 1.84. The molecule has 0 aliphatic rings. The number of carbonyl (C=O) groups is 1. The van der Waals surface area contributed by atoms with E-state index in [1.807, 2.05) is 0 Å². The number of amides is 1. The summed E-state index contributed by atoms with van der Waals surface area (Å²) in [7, 11) is 1.55. The standard InChI is InChI=1S/C20H17ClF3N3O3/c1-29-9-10-30-16-7-5-14(6-8-16)26-19(28)17-12-25-27(18(17)20(22,23)24)15-4-2-3-13(21)11-15/h2-8,11-12H,9-10H2,1H3,(H,26,28). The van der Waals surface area contributed by atoms with Crippen LogP contribution in [-0.4, -0.2) is 36.0 Å². The number of rotatable bonds is 7. The third-order valence-electron chi connectivity index (χ3n) is 4.00. The predicted octanol–water partition coefficient (Wildman–Crippen LogP) is 4.82. The molecule has 0 fully saturated rings. The van der Waals surface area contributed by atoms with Gasteiger partial charge in [-0.2, -0.15) is 18.3 Å². The maximum absolute atomic E-state index is 13.7. The van der Waals surface area contributed by atoms with Crippen molar-refractivity contribution < 1.29 is 27.4 Å². The number of nitrogens with one attached hydrogen (secondary N) is 1. The molecule has 0 aliphatic carbocycles. The van der Waals surface area contributed by atoms with Crippen LogP contribution in [0, 0.1) is 0 Å². The van der Waals surface area contributed by atoms with Crippen LogP contribution in [0.3, 0.4) is 0 Å². The van der Waals surface area contributed by atoms with Gasteiger partial charge in [-0.1, -0.05) is 17.7 Å². The van der Waals surface area contributed by atoms with Crippen LogP contribution in [0.5, 0.6) is 5.75 Å². The quantitative estimate of drug-likeness (QED) is 0.536. The van der Waals surface area contributed by atoms with Crippen molar-refractivity contribution in [3.63, 3.8) is 0 Å². The van der Waals surface area contributed by atoms with Crippen LogP contribution in [0.1, 0.15) is 16.1 Å². The van der Waals surface area contributed by atoms with Crippen LogP contribution in [0.25, 0.3) is 5.69 Å². The minimum atomic E-state index is -4.81. The molecule has 0 saturated carbocycles. The summed E-state index contributed by atoms with van der Waals surface area (Å²) in [4.78, 5) is 12.6. The van der Waals surface area contributed by atoms with Crippen LogP contribution in [-0.2, 0) is 10.9 Å². The first-order valence-electron chi connectivity index (χ1n) is 8.74. The molecule has 0 unspecified atom stereocenters. The molecule has 0 saturated heterocycles. The van der Waals surface area contributed by atoms with E-state index in [4.69, 9.17) is 21.1 Å². The molecular formula is C20H17ClF3N3O3. The molecular weight excluding hydrogens is 423 g/mol. The molecule has 0 spiro atoms. The Morgan fingerprint density at radius 2 is 1.90 bits per heavy atom. The second kappa shape index (κ2) is 9.19. The van der Waals surface area contributed by atoms with Gasteiger partial charge in [0.1, 0.15) is 12.4 Å². The number of hydrogen-bond donors (Lipinski definition) is 1. The van der Waals surface area contributed by atoms with Crippen LogP contribution in [0.15, 0.2) is 54.7 Å². The maximum atomic E-state index is 13.7. The summed E-state index contributed by atoms with van der Waals surface area (Å²) >= 11 is 5.87. The summed E-state index contributed by atoms with van der Waals surface area (Å²) in [5.74, 6) is -0.404. The number of alkyl halides is 3. The molecule has 3 aromatic rings. The molecule has 158 valence electrons. The third kappa shape index (κ3) is 5.11. The molecule has 1 N–H and O–H groups in total. The smallest absolute Gasteiger partial charge is 0.434 e. The van der Waals surface area contributed by atoms with Crippen molar-refractivity contribution >= 4 is 23.2 Å².